The predicted molar refractivity (Wildman–Crippen MR) is 152 cm³/mol. The lowest BCUT2D eigenvalue weighted by atomic mass is 9.77. The maximum atomic E-state index is 15.3. The number of aryl methyl sites for hydroxylation is 3. The Balaban J connectivity index is 1.24. The molecule has 0 heterocycles. The summed E-state index contributed by atoms with van der Waals surface area (Å²) in [6, 6.07) is 16.7. The molecule has 0 unspecified atom stereocenters. The average molecular weight is 525 g/mol. The highest BCUT2D eigenvalue weighted by molar-refractivity contribution is 5.84. The van der Waals surface area contributed by atoms with Gasteiger partial charge in [-0.15, -0.1) is 0 Å². The Morgan fingerprint density at radius 1 is 0.737 bits per heavy atom. The first-order chi connectivity index (χ1) is 18.5. The molecular formula is C34H43F3O. The molecule has 0 amide bonds. The van der Waals surface area contributed by atoms with Crippen molar-refractivity contribution >= 4 is 10.8 Å². The van der Waals surface area contributed by atoms with Crippen molar-refractivity contribution in [2.45, 2.75) is 103 Å². The van der Waals surface area contributed by atoms with Crippen molar-refractivity contribution in [1.82, 2.24) is 0 Å². The number of hydrogen-bond acceptors (Lipinski definition) is 1. The minimum Gasteiger partial charge on any atom is -0.435 e. The summed E-state index contributed by atoms with van der Waals surface area (Å²) < 4.78 is 44.3. The van der Waals surface area contributed by atoms with Crippen molar-refractivity contribution in [2.75, 3.05) is 0 Å². The van der Waals surface area contributed by atoms with E-state index in [1.807, 2.05) is 18.2 Å². The summed E-state index contributed by atoms with van der Waals surface area (Å²) in [4.78, 5) is 0. The highest BCUT2D eigenvalue weighted by Gasteiger charge is 2.21. The van der Waals surface area contributed by atoms with Crippen LogP contribution >= 0.6 is 0 Å². The van der Waals surface area contributed by atoms with E-state index in [0.717, 1.165) is 29.2 Å². The van der Waals surface area contributed by atoms with Gasteiger partial charge in [-0.25, -0.2) is 4.39 Å². The number of ether oxygens (including phenoxy) is 1. The second-order valence-corrected chi connectivity index (χ2v) is 11.2. The van der Waals surface area contributed by atoms with Crippen LogP contribution in [0.5, 0.6) is 5.75 Å². The van der Waals surface area contributed by atoms with Crippen LogP contribution in [0.3, 0.4) is 0 Å². The molecule has 1 fully saturated rings. The number of hydrogen-bond donors (Lipinski definition) is 0. The van der Waals surface area contributed by atoms with Gasteiger partial charge in [0.25, 0.3) is 0 Å². The molecule has 1 saturated carbocycles. The molecular weight excluding hydrogens is 481 g/mol. The molecule has 0 N–H and O–H groups in total. The Labute approximate surface area is 226 Å². The minimum atomic E-state index is -2.83. The lowest BCUT2D eigenvalue weighted by Crippen LogP contribution is -2.15. The van der Waals surface area contributed by atoms with E-state index in [4.69, 9.17) is 0 Å². The van der Waals surface area contributed by atoms with Gasteiger partial charge in [0.1, 0.15) is 11.6 Å². The number of benzene rings is 3. The van der Waals surface area contributed by atoms with Gasteiger partial charge in [0, 0.05) is 5.39 Å². The molecule has 1 nitrogen and oxygen atoms in total. The summed E-state index contributed by atoms with van der Waals surface area (Å²) in [5.74, 6) is 1.76. The molecule has 3 aromatic carbocycles. The SMILES string of the molecule is CCCCCCCC1CCC(CCc2ccc3c(F)c(CCc4ccc(OC(F)F)cc4)ccc3c2)CC1. The molecule has 1 aliphatic carbocycles. The molecule has 38 heavy (non-hydrogen) atoms. The van der Waals surface area contributed by atoms with Crippen LogP contribution in [0.2, 0.25) is 0 Å². The Morgan fingerprint density at radius 2 is 1.42 bits per heavy atom. The van der Waals surface area contributed by atoms with Crippen molar-refractivity contribution in [3.8, 4) is 5.75 Å². The van der Waals surface area contributed by atoms with E-state index in [1.54, 1.807) is 12.1 Å². The van der Waals surface area contributed by atoms with Gasteiger partial charge >= 0.3 is 6.61 Å². The summed E-state index contributed by atoms with van der Waals surface area (Å²) in [7, 11) is 0. The number of halogens is 3. The Bertz CT molecular complexity index is 1120. The van der Waals surface area contributed by atoms with Crippen LogP contribution < -0.4 is 4.74 Å². The van der Waals surface area contributed by atoms with Gasteiger partial charge < -0.3 is 4.74 Å². The lowest BCUT2D eigenvalue weighted by molar-refractivity contribution is -0.0498. The third-order valence-corrected chi connectivity index (χ3v) is 8.45. The maximum Gasteiger partial charge on any atom is 0.387 e. The highest BCUT2D eigenvalue weighted by atomic mass is 19.3. The summed E-state index contributed by atoms with van der Waals surface area (Å²) >= 11 is 0. The first-order valence-electron chi connectivity index (χ1n) is 14.8. The first-order valence-corrected chi connectivity index (χ1v) is 14.8. The Kier molecular flexibility index (Phi) is 11.0. The second-order valence-electron chi connectivity index (χ2n) is 11.2. The summed E-state index contributed by atoms with van der Waals surface area (Å²) in [6.45, 7) is -0.554. The van der Waals surface area contributed by atoms with Gasteiger partial charge in [0.2, 0.25) is 0 Å². The van der Waals surface area contributed by atoms with Gasteiger partial charge in [-0.1, -0.05) is 114 Å². The van der Waals surface area contributed by atoms with Crippen molar-refractivity contribution in [3.05, 3.63) is 77.1 Å². The Morgan fingerprint density at radius 3 is 2.13 bits per heavy atom. The highest BCUT2D eigenvalue weighted by Crippen LogP contribution is 2.35. The van der Waals surface area contributed by atoms with Crippen molar-refractivity contribution in [3.63, 3.8) is 0 Å². The van der Waals surface area contributed by atoms with Crippen LogP contribution in [-0.2, 0) is 19.3 Å². The van der Waals surface area contributed by atoms with Gasteiger partial charge in [-0.3, -0.25) is 0 Å². The van der Waals surface area contributed by atoms with Crippen LogP contribution in [-0.4, -0.2) is 6.61 Å². The molecule has 0 atom stereocenters. The Hall–Kier alpha value is -2.49. The average Bonchev–Trinajstić information content (AvgIpc) is 2.92. The largest absolute Gasteiger partial charge is 0.435 e. The maximum absolute atomic E-state index is 15.3. The van der Waals surface area contributed by atoms with Crippen LogP contribution in [0.4, 0.5) is 13.2 Å². The lowest BCUT2D eigenvalue weighted by Gasteiger charge is -2.28. The van der Waals surface area contributed by atoms with E-state index >= 15 is 4.39 Å². The molecule has 0 aromatic heterocycles. The van der Waals surface area contributed by atoms with Gasteiger partial charge in [0.05, 0.1) is 0 Å². The molecule has 1 aliphatic rings. The number of rotatable bonds is 14. The monoisotopic (exact) mass is 524 g/mol. The quantitative estimate of drug-likeness (QED) is 0.191. The third kappa shape index (κ3) is 8.51. The van der Waals surface area contributed by atoms with Gasteiger partial charge in [-0.2, -0.15) is 8.78 Å². The van der Waals surface area contributed by atoms with Crippen LogP contribution in [0.15, 0.2) is 54.6 Å². The van der Waals surface area contributed by atoms with Crippen LogP contribution in [0, 0.1) is 17.7 Å². The minimum absolute atomic E-state index is 0.136. The molecule has 0 saturated heterocycles. The topological polar surface area (TPSA) is 9.23 Å². The molecule has 4 heteroatoms. The molecule has 3 aromatic rings. The van der Waals surface area contributed by atoms with Gasteiger partial charge in [-0.05, 0) is 71.7 Å². The van der Waals surface area contributed by atoms with E-state index in [2.05, 4.69) is 23.8 Å². The van der Waals surface area contributed by atoms with Crippen molar-refractivity contribution < 1.29 is 17.9 Å². The van der Waals surface area contributed by atoms with Gasteiger partial charge in [0.15, 0.2) is 0 Å². The first kappa shape index (κ1) is 28.5. The fourth-order valence-electron chi connectivity index (χ4n) is 6.07. The summed E-state index contributed by atoms with van der Waals surface area (Å²) in [5.41, 5.74) is 2.94. The molecule has 4 rings (SSSR count). The van der Waals surface area contributed by atoms with Crippen molar-refractivity contribution in [1.29, 1.82) is 0 Å². The standard InChI is InChI=1S/C34H43F3O/c1-2-3-4-5-6-7-25-8-10-26(11-9-25)12-13-28-17-23-32-30(24-28)20-19-29(33(32)35)18-14-27-15-21-31(22-16-27)38-34(36)37/h15-17,19-26,34H,2-14,18H2,1H3. The number of alkyl halides is 2. The fourth-order valence-corrected chi connectivity index (χ4v) is 6.07. The number of unbranched alkanes of at least 4 members (excludes halogenated alkanes) is 4. The normalized spacial score (nSPS) is 17.8. The fraction of sp³-hybridized carbons (Fsp3) is 0.529. The zero-order valence-electron chi connectivity index (χ0n) is 22.9. The molecule has 0 aliphatic heterocycles. The molecule has 206 valence electrons. The second kappa shape index (κ2) is 14.6. The van der Waals surface area contributed by atoms with E-state index in [9.17, 15) is 8.78 Å². The molecule has 0 radical (unpaired) electrons. The molecule has 0 spiro atoms. The van der Waals surface area contributed by atoms with E-state index in [-0.39, 0.29) is 11.6 Å². The van der Waals surface area contributed by atoms with E-state index in [1.165, 1.54) is 88.3 Å². The zero-order valence-corrected chi connectivity index (χ0v) is 22.9. The summed E-state index contributed by atoms with van der Waals surface area (Å²) in [5, 5.41) is 1.63. The van der Waals surface area contributed by atoms with Crippen LogP contribution in [0.1, 0.15) is 94.2 Å². The van der Waals surface area contributed by atoms with Crippen molar-refractivity contribution in [2.24, 2.45) is 11.8 Å². The van der Waals surface area contributed by atoms with Crippen LogP contribution in [0.25, 0.3) is 10.8 Å². The number of fused-ring (bicyclic) bond motifs is 1. The predicted octanol–water partition coefficient (Wildman–Crippen LogP) is 10.5. The summed E-state index contributed by atoms with van der Waals surface area (Å²) in [6.07, 6.45) is 17.4. The third-order valence-electron chi connectivity index (χ3n) is 8.45. The molecule has 0 bridgehead atoms. The van der Waals surface area contributed by atoms with E-state index < -0.39 is 6.61 Å². The smallest absolute Gasteiger partial charge is 0.387 e. The van der Waals surface area contributed by atoms with E-state index in [0.29, 0.717) is 23.8 Å². The zero-order chi connectivity index (χ0) is 26.7.